The number of nitrogens with one attached hydrogen (secondary N) is 1. The van der Waals surface area contributed by atoms with Crippen molar-refractivity contribution in [3.63, 3.8) is 0 Å². The average molecular weight is 414 g/mol. The molecular weight excluding hydrogens is 374 g/mol. The van der Waals surface area contributed by atoms with Gasteiger partial charge < -0.3 is 5.32 Å². The van der Waals surface area contributed by atoms with Crippen molar-refractivity contribution >= 4 is 16.1 Å². The first-order chi connectivity index (χ1) is 13.4. The van der Waals surface area contributed by atoms with Crippen LogP contribution in [0.15, 0.2) is 0 Å². The van der Waals surface area contributed by atoms with Gasteiger partial charge in [-0.2, -0.15) is 17.0 Å². The SMILES string of the molecule is CC1CC(C)CN(S(=O)(=O)N2CCC(C(=O)NC3CCCCCCC3)CC2)C1. The molecule has 1 N–H and O–H groups in total. The number of carbonyl (C=O) groups is 1. The van der Waals surface area contributed by atoms with Gasteiger partial charge in [0.2, 0.25) is 5.91 Å². The number of nitrogens with zero attached hydrogens (tertiary/aromatic N) is 2. The van der Waals surface area contributed by atoms with Crippen molar-refractivity contribution in [3.05, 3.63) is 0 Å². The van der Waals surface area contributed by atoms with Gasteiger partial charge in [0.1, 0.15) is 0 Å². The standard InChI is InChI=1S/C21H39N3O3S/c1-17-14-18(2)16-24(15-17)28(26,27)23-12-10-19(11-13-23)21(25)22-20-8-6-4-3-5-7-9-20/h17-20H,3-16H2,1-2H3,(H,22,25). The largest absolute Gasteiger partial charge is 0.353 e. The van der Waals surface area contributed by atoms with Crippen LogP contribution in [0.3, 0.4) is 0 Å². The summed E-state index contributed by atoms with van der Waals surface area (Å²) in [6.07, 6.45) is 10.8. The maximum absolute atomic E-state index is 13.0. The van der Waals surface area contributed by atoms with Crippen molar-refractivity contribution in [1.82, 2.24) is 13.9 Å². The minimum atomic E-state index is -3.40. The molecule has 3 rings (SSSR count). The van der Waals surface area contributed by atoms with E-state index in [4.69, 9.17) is 0 Å². The Hall–Kier alpha value is -0.660. The fourth-order valence-electron chi connectivity index (χ4n) is 5.23. The van der Waals surface area contributed by atoms with Crippen LogP contribution >= 0.6 is 0 Å². The average Bonchev–Trinajstić information content (AvgIpc) is 2.63. The molecule has 6 nitrogen and oxygen atoms in total. The van der Waals surface area contributed by atoms with Crippen LogP contribution in [0.2, 0.25) is 0 Å². The van der Waals surface area contributed by atoms with E-state index in [1.54, 1.807) is 8.61 Å². The van der Waals surface area contributed by atoms with E-state index in [2.05, 4.69) is 19.2 Å². The predicted molar refractivity (Wildman–Crippen MR) is 112 cm³/mol. The van der Waals surface area contributed by atoms with Gasteiger partial charge in [0.25, 0.3) is 10.2 Å². The zero-order chi connectivity index (χ0) is 20.1. The first-order valence-electron chi connectivity index (χ1n) is 11.4. The summed E-state index contributed by atoms with van der Waals surface area (Å²) in [5, 5.41) is 3.27. The van der Waals surface area contributed by atoms with Gasteiger partial charge >= 0.3 is 0 Å². The molecule has 2 atom stereocenters. The molecular formula is C21H39N3O3S. The fraction of sp³-hybridized carbons (Fsp3) is 0.952. The molecule has 3 aliphatic rings. The number of hydrogen-bond donors (Lipinski definition) is 1. The highest BCUT2D eigenvalue weighted by Gasteiger charge is 2.37. The molecule has 0 radical (unpaired) electrons. The third kappa shape index (κ3) is 5.70. The van der Waals surface area contributed by atoms with Crippen molar-refractivity contribution in [2.24, 2.45) is 17.8 Å². The summed E-state index contributed by atoms with van der Waals surface area (Å²) in [5.41, 5.74) is 0. The Morgan fingerprint density at radius 2 is 1.36 bits per heavy atom. The second-order valence-electron chi connectivity index (χ2n) is 9.49. The quantitative estimate of drug-likeness (QED) is 0.770. The van der Waals surface area contributed by atoms with Crippen LogP contribution in [0.4, 0.5) is 0 Å². The van der Waals surface area contributed by atoms with E-state index in [1.807, 2.05) is 0 Å². The second kappa shape index (κ2) is 9.90. The lowest BCUT2D eigenvalue weighted by molar-refractivity contribution is -0.127. The Kier molecular flexibility index (Phi) is 7.79. The van der Waals surface area contributed by atoms with Crippen LogP contribution in [0.25, 0.3) is 0 Å². The van der Waals surface area contributed by atoms with Crippen LogP contribution in [-0.2, 0) is 15.0 Å². The van der Waals surface area contributed by atoms with E-state index in [0.29, 0.717) is 56.9 Å². The monoisotopic (exact) mass is 413 g/mol. The van der Waals surface area contributed by atoms with E-state index in [-0.39, 0.29) is 11.8 Å². The van der Waals surface area contributed by atoms with Crippen molar-refractivity contribution in [2.75, 3.05) is 26.2 Å². The summed E-state index contributed by atoms with van der Waals surface area (Å²) in [6, 6.07) is 0.311. The maximum Gasteiger partial charge on any atom is 0.281 e. The Balaban J connectivity index is 1.49. The number of piperidine rings is 2. The van der Waals surface area contributed by atoms with Crippen LogP contribution in [0.1, 0.15) is 78.1 Å². The third-order valence-electron chi connectivity index (χ3n) is 6.76. The molecule has 162 valence electrons. The van der Waals surface area contributed by atoms with Crippen molar-refractivity contribution < 1.29 is 13.2 Å². The molecule has 2 unspecified atom stereocenters. The van der Waals surface area contributed by atoms with Gasteiger partial charge in [-0.05, 0) is 43.9 Å². The first kappa shape index (κ1) is 22.0. The number of amides is 1. The maximum atomic E-state index is 13.0. The zero-order valence-electron chi connectivity index (χ0n) is 17.7. The molecule has 0 aromatic carbocycles. The van der Waals surface area contributed by atoms with E-state index in [9.17, 15) is 13.2 Å². The molecule has 0 spiro atoms. The molecule has 1 aliphatic carbocycles. The summed E-state index contributed by atoms with van der Waals surface area (Å²) >= 11 is 0. The summed E-state index contributed by atoms with van der Waals surface area (Å²) < 4.78 is 29.4. The van der Waals surface area contributed by atoms with Crippen molar-refractivity contribution in [1.29, 1.82) is 0 Å². The summed E-state index contributed by atoms with van der Waals surface area (Å²) in [7, 11) is -3.40. The minimum absolute atomic E-state index is 0.0453. The van der Waals surface area contributed by atoms with Gasteiger partial charge in [-0.3, -0.25) is 4.79 Å². The lowest BCUT2D eigenvalue weighted by atomic mass is 9.93. The zero-order valence-corrected chi connectivity index (χ0v) is 18.6. The molecule has 2 aliphatic heterocycles. The van der Waals surface area contributed by atoms with Crippen LogP contribution < -0.4 is 5.32 Å². The van der Waals surface area contributed by atoms with E-state index in [1.165, 1.54) is 32.1 Å². The molecule has 2 saturated heterocycles. The number of hydrogen-bond acceptors (Lipinski definition) is 3. The Bertz CT molecular complexity index is 598. The molecule has 0 aromatic heterocycles. The van der Waals surface area contributed by atoms with Gasteiger partial charge in [-0.1, -0.05) is 46.0 Å². The smallest absolute Gasteiger partial charge is 0.281 e. The molecule has 1 saturated carbocycles. The van der Waals surface area contributed by atoms with Crippen LogP contribution in [-0.4, -0.2) is 55.2 Å². The summed E-state index contributed by atoms with van der Waals surface area (Å²) in [5.74, 6) is 0.912. The first-order valence-corrected chi connectivity index (χ1v) is 12.8. The lowest BCUT2D eigenvalue weighted by Gasteiger charge is -2.39. The van der Waals surface area contributed by atoms with Crippen molar-refractivity contribution in [2.45, 2.75) is 84.1 Å². The minimum Gasteiger partial charge on any atom is -0.353 e. The highest BCUT2D eigenvalue weighted by atomic mass is 32.2. The second-order valence-corrected chi connectivity index (χ2v) is 11.4. The predicted octanol–water partition coefficient (Wildman–Crippen LogP) is 3.15. The molecule has 28 heavy (non-hydrogen) atoms. The molecule has 1 amide bonds. The summed E-state index contributed by atoms with van der Waals surface area (Å²) in [4.78, 5) is 12.7. The Labute approximate surface area is 171 Å². The topological polar surface area (TPSA) is 69.7 Å². The van der Waals surface area contributed by atoms with Crippen LogP contribution in [0.5, 0.6) is 0 Å². The Morgan fingerprint density at radius 1 is 0.821 bits per heavy atom. The number of carbonyl (C=O) groups excluding carboxylic acids is 1. The fourth-order valence-corrected chi connectivity index (χ4v) is 7.11. The van der Waals surface area contributed by atoms with Gasteiger partial charge in [0, 0.05) is 38.1 Å². The van der Waals surface area contributed by atoms with E-state index in [0.717, 1.165) is 19.3 Å². The van der Waals surface area contributed by atoms with Gasteiger partial charge in [-0.25, -0.2) is 0 Å². The van der Waals surface area contributed by atoms with Gasteiger partial charge in [0.05, 0.1) is 0 Å². The highest BCUT2D eigenvalue weighted by Crippen LogP contribution is 2.28. The van der Waals surface area contributed by atoms with Gasteiger partial charge in [0.15, 0.2) is 0 Å². The summed E-state index contributed by atoms with van der Waals surface area (Å²) in [6.45, 7) is 6.42. The molecule has 7 heteroatoms. The highest BCUT2D eigenvalue weighted by molar-refractivity contribution is 7.86. The molecule has 3 fully saturated rings. The van der Waals surface area contributed by atoms with E-state index >= 15 is 0 Å². The van der Waals surface area contributed by atoms with E-state index < -0.39 is 10.2 Å². The molecule has 2 heterocycles. The van der Waals surface area contributed by atoms with Gasteiger partial charge in [-0.15, -0.1) is 0 Å². The molecule has 0 bridgehead atoms. The third-order valence-corrected chi connectivity index (χ3v) is 8.73. The number of rotatable bonds is 4. The van der Waals surface area contributed by atoms with Crippen LogP contribution in [0, 0.1) is 17.8 Å². The Morgan fingerprint density at radius 3 is 1.93 bits per heavy atom. The normalized spacial score (nSPS) is 30.5. The van der Waals surface area contributed by atoms with Crippen molar-refractivity contribution in [3.8, 4) is 0 Å². The molecule has 0 aromatic rings. The lowest BCUT2D eigenvalue weighted by Crippen LogP contribution is -2.52.